The van der Waals surface area contributed by atoms with Crippen LogP contribution >= 0.6 is 27.7 Å². The van der Waals surface area contributed by atoms with Crippen LogP contribution < -0.4 is 10.8 Å². The number of thioether (sulfide) groups is 1. The fraction of sp³-hybridized carbons (Fsp3) is 0.385. The quantitative estimate of drug-likeness (QED) is 0.729. The van der Waals surface area contributed by atoms with Crippen molar-refractivity contribution in [2.45, 2.75) is 12.5 Å². The first kappa shape index (κ1) is 17.0. The molecule has 1 aromatic rings. The van der Waals surface area contributed by atoms with Crippen molar-refractivity contribution < 1.29 is 14.4 Å². The number of nitrogens with one attached hydrogen (secondary N) is 2. The SMILES string of the molecule is CONC(=O)C(CCSC)NC(=O)c1ccccc1Br. The molecule has 1 rings (SSSR count). The second-order valence-electron chi connectivity index (χ2n) is 3.96. The van der Waals surface area contributed by atoms with Crippen LogP contribution in [0, 0.1) is 0 Å². The Morgan fingerprint density at radius 1 is 1.40 bits per heavy atom. The third-order valence-electron chi connectivity index (χ3n) is 2.55. The van der Waals surface area contributed by atoms with Crippen molar-refractivity contribution in [2.24, 2.45) is 0 Å². The van der Waals surface area contributed by atoms with Crippen LogP contribution in [-0.4, -0.2) is 37.0 Å². The zero-order valence-electron chi connectivity index (χ0n) is 11.3. The van der Waals surface area contributed by atoms with Crippen LogP contribution in [0.5, 0.6) is 0 Å². The van der Waals surface area contributed by atoms with Crippen LogP contribution in [0.25, 0.3) is 0 Å². The predicted octanol–water partition coefficient (Wildman–Crippen LogP) is 1.98. The fourth-order valence-corrected chi connectivity index (χ4v) is 2.49. The topological polar surface area (TPSA) is 67.4 Å². The maximum Gasteiger partial charge on any atom is 0.266 e. The van der Waals surface area contributed by atoms with Crippen LogP contribution in [-0.2, 0) is 9.63 Å². The molecule has 0 heterocycles. The maximum atomic E-state index is 12.2. The van der Waals surface area contributed by atoms with Crippen LogP contribution in [0.2, 0.25) is 0 Å². The van der Waals surface area contributed by atoms with E-state index in [9.17, 15) is 9.59 Å². The van der Waals surface area contributed by atoms with Crippen molar-refractivity contribution in [3.05, 3.63) is 34.3 Å². The molecule has 0 saturated heterocycles. The minimum Gasteiger partial charge on any atom is -0.340 e. The van der Waals surface area contributed by atoms with Crippen LogP contribution in [0.1, 0.15) is 16.8 Å². The molecule has 2 N–H and O–H groups in total. The number of hydrogen-bond donors (Lipinski definition) is 2. The number of benzene rings is 1. The third-order valence-corrected chi connectivity index (χ3v) is 3.89. The van der Waals surface area contributed by atoms with Gasteiger partial charge >= 0.3 is 0 Å². The first-order valence-electron chi connectivity index (χ1n) is 5.97. The van der Waals surface area contributed by atoms with E-state index in [2.05, 4.69) is 31.6 Å². The molecule has 1 aromatic carbocycles. The molecule has 0 aromatic heterocycles. The van der Waals surface area contributed by atoms with E-state index in [-0.39, 0.29) is 11.8 Å². The number of hydroxylamine groups is 1. The van der Waals surface area contributed by atoms with Crippen molar-refractivity contribution in [1.82, 2.24) is 10.8 Å². The number of carbonyl (C=O) groups is 2. The van der Waals surface area contributed by atoms with E-state index in [0.717, 1.165) is 5.75 Å². The summed E-state index contributed by atoms with van der Waals surface area (Å²) < 4.78 is 0.688. The third kappa shape index (κ3) is 5.15. The molecule has 0 fully saturated rings. The van der Waals surface area contributed by atoms with Crippen LogP contribution in [0.15, 0.2) is 28.7 Å². The first-order chi connectivity index (χ1) is 9.60. The van der Waals surface area contributed by atoms with Gasteiger partial charge in [0.25, 0.3) is 11.8 Å². The van der Waals surface area contributed by atoms with Crippen molar-refractivity contribution in [3.63, 3.8) is 0 Å². The molecule has 0 spiro atoms. The molecule has 0 radical (unpaired) electrons. The lowest BCUT2D eigenvalue weighted by Gasteiger charge is -2.17. The van der Waals surface area contributed by atoms with Gasteiger partial charge in [0.1, 0.15) is 6.04 Å². The molecule has 0 bridgehead atoms. The van der Waals surface area contributed by atoms with E-state index < -0.39 is 6.04 Å². The van der Waals surface area contributed by atoms with Gasteiger partial charge in [-0.1, -0.05) is 12.1 Å². The summed E-state index contributed by atoms with van der Waals surface area (Å²) in [5, 5.41) is 2.72. The Morgan fingerprint density at radius 2 is 2.10 bits per heavy atom. The summed E-state index contributed by atoms with van der Waals surface area (Å²) in [5.74, 6) is 0.106. The van der Waals surface area contributed by atoms with Gasteiger partial charge < -0.3 is 5.32 Å². The number of hydrogen-bond acceptors (Lipinski definition) is 4. The largest absolute Gasteiger partial charge is 0.340 e. The monoisotopic (exact) mass is 360 g/mol. The van der Waals surface area contributed by atoms with Gasteiger partial charge in [-0.25, -0.2) is 5.48 Å². The second-order valence-corrected chi connectivity index (χ2v) is 5.80. The summed E-state index contributed by atoms with van der Waals surface area (Å²) in [7, 11) is 1.36. The van der Waals surface area contributed by atoms with Crippen LogP contribution in [0.4, 0.5) is 0 Å². The standard InChI is InChI=1S/C13H17BrN2O3S/c1-19-16-13(18)11(7-8-20-2)15-12(17)9-5-3-4-6-10(9)14/h3-6,11H,7-8H2,1-2H3,(H,15,17)(H,16,18). The van der Waals surface area contributed by atoms with E-state index in [1.807, 2.05) is 12.3 Å². The number of halogens is 1. The molecular weight excluding hydrogens is 344 g/mol. The summed E-state index contributed by atoms with van der Waals surface area (Å²) in [5.41, 5.74) is 2.74. The molecule has 110 valence electrons. The summed E-state index contributed by atoms with van der Waals surface area (Å²) in [6.45, 7) is 0. The summed E-state index contributed by atoms with van der Waals surface area (Å²) in [6.07, 6.45) is 2.48. The minimum absolute atomic E-state index is 0.296. The second kappa shape index (κ2) is 8.99. The van der Waals surface area contributed by atoms with Crippen LogP contribution in [0.3, 0.4) is 0 Å². The van der Waals surface area contributed by atoms with Gasteiger partial charge in [0.15, 0.2) is 0 Å². The average molecular weight is 361 g/mol. The van der Waals surface area contributed by atoms with Gasteiger partial charge in [0, 0.05) is 4.47 Å². The Balaban J connectivity index is 2.76. The van der Waals surface area contributed by atoms with Gasteiger partial charge in [-0.2, -0.15) is 11.8 Å². The molecule has 0 aliphatic heterocycles. The van der Waals surface area contributed by atoms with Gasteiger partial charge in [-0.15, -0.1) is 0 Å². The Hall–Kier alpha value is -1.05. The van der Waals surface area contributed by atoms with E-state index in [0.29, 0.717) is 16.5 Å². The molecule has 1 unspecified atom stereocenters. The van der Waals surface area contributed by atoms with Crippen molar-refractivity contribution in [2.75, 3.05) is 19.1 Å². The lowest BCUT2D eigenvalue weighted by atomic mass is 10.1. The summed E-state index contributed by atoms with van der Waals surface area (Å²) in [4.78, 5) is 28.6. The van der Waals surface area contributed by atoms with Gasteiger partial charge in [-0.3, -0.25) is 14.4 Å². The highest BCUT2D eigenvalue weighted by Crippen LogP contribution is 2.16. The van der Waals surface area contributed by atoms with Crippen molar-refractivity contribution >= 4 is 39.5 Å². The van der Waals surface area contributed by atoms with Gasteiger partial charge in [0.05, 0.1) is 12.7 Å². The normalized spacial score (nSPS) is 11.8. The summed E-state index contributed by atoms with van der Waals surface area (Å²) in [6, 6.07) is 6.44. The van der Waals surface area contributed by atoms with Crippen molar-refractivity contribution in [3.8, 4) is 0 Å². The average Bonchev–Trinajstić information content (AvgIpc) is 2.43. The Morgan fingerprint density at radius 3 is 2.70 bits per heavy atom. The molecule has 0 saturated carbocycles. The maximum absolute atomic E-state index is 12.2. The first-order valence-corrected chi connectivity index (χ1v) is 8.16. The Labute approximate surface area is 130 Å². The molecule has 2 amide bonds. The van der Waals surface area contributed by atoms with Gasteiger partial charge in [-0.05, 0) is 46.5 Å². The highest BCUT2D eigenvalue weighted by Gasteiger charge is 2.21. The minimum atomic E-state index is -0.623. The molecule has 0 aliphatic rings. The highest BCUT2D eigenvalue weighted by molar-refractivity contribution is 9.10. The number of rotatable bonds is 7. The Kier molecular flexibility index (Phi) is 7.64. The highest BCUT2D eigenvalue weighted by atomic mass is 79.9. The fourth-order valence-electron chi connectivity index (χ4n) is 1.56. The molecule has 7 heteroatoms. The zero-order chi connectivity index (χ0) is 15.0. The molecular formula is C13H17BrN2O3S. The Bertz CT molecular complexity index is 471. The van der Waals surface area contributed by atoms with E-state index in [4.69, 9.17) is 0 Å². The lowest BCUT2D eigenvalue weighted by Crippen LogP contribution is -2.46. The number of carbonyl (C=O) groups excluding carboxylic acids is 2. The predicted molar refractivity (Wildman–Crippen MR) is 83.5 cm³/mol. The molecule has 0 aliphatic carbocycles. The summed E-state index contributed by atoms with van der Waals surface area (Å²) >= 11 is 4.93. The van der Waals surface area contributed by atoms with Crippen molar-refractivity contribution in [1.29, 1.82) is 0 Å². The zero-order valence-corrected chi connectivity index (χ0v) is 13.7. The lowest BCUT2D eigenvalue weighted by molar-refractivity contribution is -0.133. The van der Waals surface area contributed by atoms with E-state index >= 15 is 0 Å². The van der Waals surface area contributed by atoms with E-state index in [1.165, 1.54) is 7.11 Å². The van der Waals surface area contributed by atoms with Gasteiger partial charge in [0.2, 0.25) is 0 Å². The van der Waals surface area contributed by atoms with E-state index in [1.54, 1.807) is 30.0 Å². The molecule has 1 atom stereocenters. The molecule has 5 nitrogen and oxygen atoms in total. The molecule has 20 heavy (non-hydrogen) atoms. The smallest absolute Gasteiger partial charge is 0.266 e. The number of amides is 2.